The van der Waals surface area contributed by atoms with Crippen molar-refractivity contribution in [3.8, 4) is 11.3 Å². The maximum Gasteiger partial charge on any atom is 0.182 e. The Morgan fingerprint density at radius 3 is 2.32 bits per heavy atom. The molecular formula is C25H26F2N6O. The van der Waals surface area contributed by atoms with E-state index in [9.17, 15) is 8.78 Å². The Morgan fingerprint density at radius 2 is 1.65 bits per heavy atom. The highest BCUT2D eigenvalue weighted by Gasteiger charge is 2.24. The van der Waals surface area contributed by atoms with Gasteiger partial charge in [-0.15, -0.1) is 0 Å². The number of aromatic nitrogens is 6. The molecule has 1 saturated heterocycles. The van der Waals surface area contributed by atoms with E-state index in [-0.39, 0.29) is 11.5 Å². The standard InChI is InChI=1S/C19H18F2N4O.C6H8N2/c1-10-11(2)23-19-17(22-10)16(14-4-3-13(20)9-15(14)21)24-18(25-19)12-5-7-26-8-6-12;1-2-5(1)6-3-4-7-8-6/h3-4,9,12H,5-8H2,1-2H3;3-5H,1-2H2,(H,7,8). The van der Waals surface area contributed by atoms with E-state index >= 15 is 0 Å². The van der Waals surface area contributed by atoms with Crippen LogP contribution in [0.5, 0.6) is 0 Å². The number of aromatic amines is 1. The van der Waals surface area contributed by atoms with Gasteiger partial charge in [0.05, 0.1) is 11.4 Å². The topological polar surface area (TPSA) is 89.5 Å². The van der Waals surface area contributed by atoms with Crippen molar-refractivity contribution >= 4 is 11.2 Å². The minimum Gasteiger partial charge on any atom is -0.381 e. The third-order valence-corrected chi connectivity index (χ3v) is 6.27. The number of nitrogens with one attached hydrogen (secondary N) is 1. The molecule has 0 spiro atoms. The maximum atomic E-state index is 14.4. The SMILES string of the molecule is Cc1nc2nc(C3CCOCC3)nc(-c3ccc(F)cc3F)c2nc1C.c1cc(C2CC2)[nH]n1. The third-order valence-electron chi connectivity index (χ3n) is 6.27. The summed E-state index contributed by atoms with van der Waals surface area (Å²) < 4.78 is 33.2. The van der Waals surface area contributed by atoms with Crippen LogP contribution in [0.4, 0.5) is 8.78 Å². The van der Waals surface area contributed by atoms with Gasteiger partial charge in [0.2, 0.25) is 0 Å². The molecule has 1 N–H and O–H groups in total. The van der Waals surface area contributed by atoms with Crippen molar-refractivity contribution in [2.75, 3.05) is 13.2 Å². The van der Waals surface area contributed by atoms with Gasteiger partial charge < -0.3 is 4.74 Å². The Bertz CT molecular complexity index is 1300. The number of hydrogen-bond acceptors (Lipinski definition) is 6. The van der Waals surface area contributed by atoms with Crippen LogP contribution in [0.1, 0.15) is 60.4 Å². The molecule has 0 unspecified atom stereocenters. The van der Waals surface area contributed by atoms with Crippen molar-refractivity contribution in [2.45, 2.75) is 51.4 Å². The molecular weight excluding hydrogens is 438 g/mol. The number of nitrogens with zero attached hydrogens (tertiary/aromatic N) is 5. The Hall–Kier alpha value is -3.33. The highest BCUT2D eigenvalue weighted by molar-refractivity contribution is 5.87. The van der Waals surface area contributed by atoms with Gasteiger partial charge in [0.15, 0.2) is 5.65 Å². The molecule has 0 radical (unpaired) electrons. The summed E-state index contributed by atoms with van der Waals surface area (Å²) in [7, 11) is 0. The summed E-state index contributed by atoms with van der Waals surface area (Å²) in [6.45, 7) is 4.98. The molecule has 0 amide bonds. The van der Waals surface area contributed by atoms with Crippen LogP contribution in [0.2, 0.25) is 0 Å². The molecule has 6 rings (SSSR count). The zero-order valence-electron chi connectivity index (χ0n) is 19.2. The van der Waals surface area contributed by atoms with Gasteiger partial charge in [-0.3, -0.25) is 5.10 Å². The monoisotopic (exact) mass is 464 g/mol. The van der Waals surface area contributed by atoms with Gasteiger partial charge in [0, 0.05) is 48.6 Å². The molecule has 34 heavy (non-hydrogen) atoms. The summed E-state index contributed by atoms with van der Waals surface area (Å²) in [4.78, 5) is 18.3. The van der Waals surface area contributed by atoms with Crippen LogP contribution in [0, 0.1) is 25.5 Å². The number of ether oxygens (including phenoxy) is 1. The molecule has 4 heterocycles. The van der Waals surface area contributed by atoms with E-state index in [1.807, 2.05) is 20.0 Å². The first-order valence-corrected chi connectivity index (χ1v) is 11.5. The molecule has 7 nitrogen and oxygen atoms in total. The van der Waals surface area contributed by atoms with Gasteiger partial charge in [-0.05, 0) is 57.7 Å². The Morgan fingerprint density at radius 1 is 0.882 bits per heavy atom. The average molecular weight is 465 g/mol. The molecule has 2 fully saturated rings. The first kappa shape index (κ1) is 22.5. The van der Waals surface area contributed by atoms with Gasteiger partial charge in [-0.2, -0.15) is 5.10 Å². The van der Waals surface area contributed by atoms with Gasteiger partial charge in [0.1, 0.15) is 28.7 Å². The fourth-order valence-corrected chi connectivity index (χ4v) is 4.03. The Labute approximate surface area is 196 Å². The third kappa shape index (κ3) is 4.79. The predicted molar refractivity (Wildman–Crippen MR) is 123 cm³/mol. The van der Waals surface area contributed by atoms with E-state index in [1.165, 1.54) is 30.7 Å². The molecule has 2 aliphatic rings. The molecule has 0 atom stereocenters. The van der Waals surface area contributed by atoms with Crippen LogP contribution in [0.3, 0.4) is 0 Å². The minimum atomic E-state index is -0.678. The Kier molecular flexibility index (Phi) is 6.28. The van der Waals surface area contributed by atoms with Gasteiger partial charge in [0.25, 0.3) is 0 Å². The second kappa shape index (κ2) is 9.50. The van der Waals surface area contributed by atoms with E-state index in [1.54, 1.807) is 0 Å². The molecule has 176 valence electrons. The molecule has 9 heteroatoms. The van der Waals surface area contributed by atoms with Crippen LogP contribution >= 0.6 is 0 Å². The smallest absolute Gasteiger partial charge is 0.182 e. The van der Waals surface area contributed by atoms with Gasteiger partial charge in [-0.25, -0.2) is 28.7 Å². The number of rotatable bonds is 3. The molecule has 0 bridgehead atoms. The summed E-state index contributed by atoms with van der Waals surface area (Å²) in [6.07, 6.45) is 6.11. The van der Waals surface area contributed by atoms with Crippen molar-refractivity contribution in [1.82, 2.24) is 30.1 Å². The zero-order chi connectivity index (χ0) is 23.7. The van der Waals surface area contributed by atoms with E-state index in [4.69, 9.17) is 4.74 Å². The second-order valence-corrected chi connectivity index (χ2v) is 8.79. The predicted octanol–water partition coefficient (Wildman–Crippen LogP) is 5.16. The number of hydrogen-bond donors (Lipinski definition) is 1. The van der Waals surface area contributed by atoms with Crippen molar-refractivity contribution < 1.29 is 13.5 Å². The minimum absolute atomic E-state index is 0.124. The summed E-state index contributed by atoms with van der Waals surface area (Å²) in [5.74, 6) is 0.240. The normalized spacial score (nSPS) is 16.4. The first-order chi connectivity index (χ1) is 16.5. The Balaban J connectivity index is 0.000000252. The average Bonchev–Trinajstić information content (AvgIpc) is 3.54. The van der Waals surface area contributed by atoms with Crippen molar-refractivity contribution in [3.63, 3.8) is 0 Å². The van der Waals surface area contributed by atoms with Gasteiger partial charge >= 0.3 is 0 Å². The molecule has 1 aliphatic carbocycles. The van der Waals surface area contributed by atoms with E-state index in [0.717, 1.165) is 36.2 Å². The van der Waals surface area contributed by atoms with E-state index < -0.39 is 11.6 Å². The quantitative estimate of drug-likeness (QED) is 0.450. The molecule has 3 aromatic heterocycles. The number of H-pyrrole nitrogens is 1. The number of fused-ring (bicyclic) bond motifs is 1. The van der Waals surface area contributed by atoms with Crippen molar-refractivity contribution in [2.24, 2.45) is 0 Å². The van der Waals surface area contributed by atoms with Crippen LogP contribution in [-0.4, -0.2) is 43.3 Å². The lowest BCUT2D eigenvalue weighted by atomic mass is 9.99. The highest BCUT2D eigenvalue weighted by Crippen LogP contribution is 2.38. The van der Waals surface area contributed by atoms with Gasteiger partial charge in [-0.1, -0.05) is 0 Å². The zero-order valence-corrected chi connectivity index (χ0v) is 19.2. The summed E-state index contributed by atoms with van der Waals surface area (Å²) in [5.41, 5.74) is 4.21. The summed E-state index contributed by atoms with van der Waals surface area (Å²) in [6, 6.07) is 5.51. The first-order valence-electron chi connectivity index (χ1n) is 11.5. The van der Waals surface area contributed by atoms with Crippen molar-refractivity contribution in [3.05, 3.63) is 65.0 Å². The highest BCUT2D eigenvalue weighted by atomic mass is 19.1. The summed E-state index contributed by atoms with van der Waals surface area (Å²) in [5, 5.41) is 6.81. The van der Waals surface area contributed by atoms with Crippen LogP contribution in [0.15, 0.2) is 30.5 Å². The molecule has 4 aromatic rings. The van der Waals surface area contributed by atoms with Crippen molar-refractivity contribution in [1.29, 1.82) is 0 Å². The number of aryl methyl sites for hydroxylation is 2. The van der Waals surface area contributed by atoms with Crippen LogP contribution in [-0.2, 0) is 4.74 Å². The fraction of sp³-hybridized carbons (Fsp3) is 0.400. The lowest BCUT2D eigenvalue weighted by Crippen LogP contribution is -2.17. The number of benzene rings is 1. The van der Waals surface area contributed by atoms with Crippen LogP contribution in [0.25, 0.3) is 22.4 Å². The van der Waals surface area contributed by atoms with E-state index in [2.05, 4.69) is 36.2 Å². The van der Waals surface area contributed by atoms with Crippen LogP contribution < -0.4 is 0 Å². The lowest BCUT2D eigenvalue weighted by Gasteiger charge is -2.21. The van der Waals surface area contributed by atoms with E-state index in [0.29, 0.717) is 35.9 Å². The number of halogens is 2. The fourth-order valence-electron chi connectivity index (χ4n) is 4.03. The molecule has 1 saturated carbocycles. The molecule has 1 aliphatic heterocycles. The summed E-state index contributed by atoms with van der Waals surface area (Å²) >= 11 is 0. The molecule has 1 aromatic carbocycles. The lowest BCUT2D eigenvalue weighted by molar-refractivity contribution is 0.0836. The maximum absolute atomic E-state index is 14.4. The second-order valence-electron chi connectivity index (χ2n) is 8.79. The largest absolute Gasteiger partial charge is 0.381 e.